The average Bonchev–Trinajstić information content (AvgIpc) is 2.69. The van der Waals surface area contributed by atoms with Crippen molar-refractivity contribution >= 4 is 47.4 Å². The fourth-order valence-electron chi connectivity index (χ4n) is 2.19. The summed E-state index contributed by atoms with van der Waals surface area (Å²) in [6.45, 7) is 6.72. The van der Waals surface area contributed by atoms with Crippen LogP contribution in [0.2, 0.25) is 5.02 Å². The van der Waals surface area contributed by atoms with Crippen molar-refractivity contribution in [2.45, 2.75) is 32.8 Å². The van der Waals surface area contributed by atoms with Crippen molar-refractivity contribution in [2.75, 3.05) is 46.9 Å². The van der Waals surface area contributed by atoms with Crippen LogP contribution in [0.4, 0.5) is 0 Å². The number of aliphatic imine (C=N–C) groups is 1. The summed E-state index contributed by atoms with van der Waals surface area (Å²) < 4.78 is 11.3. The number of amides is 1. The number of carbonyl (C=O) groups is 1. The maximum absolute atomic E-state index is 11.8. The van der Waals surface area contributed by atoms with E-state index in [-0.39, 0.29) is 42.5 Å². The standard InChI is InChI=1S/C20H33ClN4O3.HI/c1-5-16(28-18-11-8-7-10-17(18)21)14-23-20(22-12-9-13-27-6-2)24-15-19(26)25(3)4;/h7-8,10-11,16H,5-6,9,12-15H2,1-4H3,(H2,22,23,24);1H. The van der Waals surface area contributed by atoms with Gasteiger partial charge < -0.3 is 25.0 Å². The minimum atomic E-state index is -0.0834. The molecule has 1 aromatic rings. The lowest BCUT2D eigenvalue weighted by molar-refractivity contribution is -0.127. The van der Waals surface area contributed by atoms with Crippen LogP contribution in [0.15, 0.2) is 29.3 Å². The summed E-state index contributed by atoms with van der Waals surface area (Å²) in [7, 11) is 3.43. The number of para-hydroxylation sites is 1. The number of hydrogen-bond donors (Lipinski definition) is 2. The summed E-state index contributed by atoms with van der Waals surface area (Å²) in [6, 6.07) is 7.41. The van der Waals surface area contributed by atoms with E-state index in [0.29, 0.717) is 43.0 Å². The highest BCUT2D eigenvalue weighted by atomic mass is 127. The quantitative estimate of drug-likeness (QED) is 0.184. The van der Waals surface area contributed by atoms with E-state index in [1.807, 2.05) is 32.0 Å². The number of hydrogen-bond acceptors (Lipinski definition) is 4. The molecule has 0 saturated carbocycles. The largest absolute Gasteiger partial charge is 0.487 e. The zero-order chi connectivity index (χ0) is 20.8. The first-order chi connectivity index (χ1) is 13.5. The average molecular weight is 541 g/mol. The first-order valence-corrected chi connectivity index (χ1v) is 10.1. The number of rotatable bonds is 12. The van der Waals surface area contributed by atoms with E-state index in [0.717, 1.165) is 12.8 Å². The lowest BCUT2D eigenvalue weighted by Crippen LogP contribution is -2.43. The molecule has 0 saturated heterocycles. The molecule has 0 aliphatic rings. The maximum atomic E-state index is 11.8. The highest BCUT2D eigenvalue weighted by molar-refractivity contribution is 14.0. The van der Waals surface area contributed by atoms with E-state index in [1.54, 1.807) is 20.2 Å². The molecule has 0 spiro atoms. The molecule has 7 nitrogen and oxygen atoms in total. The molecule has 0 radical (unpaired) electrons. The molecular weight excluding hydrogens is 507 g/mol. The highest BCUT2D eigenvalue weighted by Crippen LogP contribution is 2.24. The van der Waals surface area contributed by atoms with E-state index >= 15 is 0 Å². The Bertz CT molecular complexity index is 617. The van der Waals surface area contributed by atoms with Gasteiger partial charge in [0.15, 0.2) is 5.96 Å². The van der Waals surface area contributed by atoms with Gasteiger partial charge in [-0.1, -0.05) is 30.7 Å². The van der Waals surface area contributed by atoms with E-state index in [2.05, 4.69) is 15.6 Å². The van der Waals surface area contributed by atoms with Crippen molar-refractivity contribution in [1.29, 1.82) is 0 Å². The van der Waals surface area contributed by atoms with Gasteiger partial charge in [0.1, 0.15) is 18.4 Å². The van der Waals surface area contributed by atoms with Crippen LogP contribution in [0.5, 0.6) is 5.75 Å². The third-order valence-electron chi connectivity index (χ3n) is 3.92. The second kappa shape index (κ2) is 16.5. The van der Waals surface area contributed by atoms with Crippen LogP contribution < -0.4 is 15.4 Å². The SMILES string of the molecule is CCOCCCNC(=NCC(=O)N(C)C)NCC(CC)Oc1ccccc1Cl.I. The maximum Gasteiger partial charge on any atom is 0.243 e. The number of carbonyl (C=O) groups excluding carboxylic acids is 1. The summed E-state index contributed by atoms with van der Waals surface area (Å²) in [4.78, 5) is 17.7. The first kappa shape index (κ1) is 27.7. The van der Waals surface area contributed by atoms with Crippen molar-refractivity contribution in [1.82, 2.24) is 15.5 Å². The highest BCUT2D eigenvalue weighted by Gasteiger charge is 2.12. The van der Waals surface area contributed by atoms with E-state index in [4.69, 9.17) is 21.1 Å². The topological polar surface area (TPSA) is 75.2 Å². The summed E-state index contributed by atoms with van der Waals surface area (Å²) in [6.07, 6.45) is 1.57. The molecule has 2 N–H and O–H groups in total. The molecular formula is C20H34ClIN4O3. The van der Waals surface area contributed by atoms with Gasteiger partial charge in [0.25, 0.3) is 0 Å². The van der Waals surface area contributed by atoms with Crippen molar-refractivity contribution in [3.05, 3.63) is 29.3 Å². The minimum absolute atomic E-state index is 0. The van der Waals surface area contributed by atoms with Gasteiger partial charge in [-0.2, -0.15) is 0 Å². The second-order valence-electron chi connectivity index (χ2n) is 6.39. The third-order valence-corrected chi connectivity index (χ3v) is 4.23. The molecule has 0 aromatic heterocycles. The first-order valence-electron chi connectivity index (χ1n) is 9.69. The molecule has 29 heavy (non-hydrogen) atoms. The Kier molecular flexibility index (Phi) is 15.8. The predicted octanol–water partition coefficient (Wildman–Crippen LogP) is 3.17. The molecule has 1 aromatic carbocycles. The van der Waals surface area contributed by atoms with Gasteiger partial charge in [0, 0.05) is 33.9 Å². The number of halogens is 2. The van der Waals surface area contributed by atoms with E-state index in [9.17, 15) is 4.79 Å². The summed E-state index contributed by atoms with van der Waals surface area (Å²) in [5.41, 5.74) is 0. The van der Waals surface area contributed by atoms with Gasteiger partial charge in [-0.25, -0.2) is 4.99 Å². The normalized spacial score (nSPS) is 12.0. The zero-order valence-corrected chi connectivity index (χ0v) is 20.8. The summed E-state index contributed by atoms with van der Waals surface area (Å²) in [5.74, 6) is 1.17. The van der Waals surface area contributed by atoms with E-state index in [1.165, 1.54) is 4.90 Å². The molecule has 0 bridgehead atoms. The van der Waals surface area contributed by atoms with Crippen LogP contribution in [0.1, 0.15) is 26.7 Å². The Morgan fingerprint density at radius 2 is 1.97 bits per heavy atom. The van der Waals surface area contributed by atoms with Crippen molar-refractivity contribution < 1.29 is 14.3 Å². The van der Waals surface area contributed by atoms with Gasteiger partial charge in [0.2, 0.25) is 5.91 Å². The van der Waals surface area contributed by atoms with Crippen LogP contribution in [-0.4, -0.2) is 69.8 Å². The molecule has 1 atom stereocenters. The number of benzene rings is 1. The van der Waals surface area contributed by atoms with Crippen molar-refractivity contribution in [2.24, 2.45) is 4.99 Å². The fraction of sp³-hybridized carbons (Fsp3) is 0.600. The van der Waals surface area contributed by atoms with Gasteiger partial charge in [0.05, 0.1) is 11.6 Å². The van der Waals surface area contributed by atoms with Crippen LogP contribution in [-0.2, 0) is 9.53 Å². The third kappa shape index (κ3) is 12.1. The zero-order valence-electron chi connectivity index (χ0n) is 17.7. The van der Waals surface area contributed by atoms with E-state index < -0.39 is 0 Å². The summed E-state index contributed by atoms with van der Waals surface area (Å²) in [5, 5.41) is 7.07. The molecule has 0 aliphatic carbocycles. The van der Waals surface area contributed by atoms with Gasteiger partial charge in [-0.05, 0) is 31.9 Å². The Hall–Kier alpha value is -1.26. The Labute approximate surface area is 196 Å². The molecule has 1 rings (SSSR count). The number of guanidine groups is 1. The van der Waals surface area contributed by atoms with Crippen LogP contribution in [0.3, 0.4) is 0 Å². The second-order valence-corrected chi connectivity index (χ2v) is 6.80. The molecule has 166 valence electrons. The molecule has 9 heteroatoms. The fourth-order valence-corrected chi connectivity index (χ4v) is 2.37. The molecule has 1 amide bonds. The minimum Gasteiger partial charge on any atom is -0.487 e. The van der Waals surface area contributed by atoms with Gasteiger partial charge in [-0.15, -0.1) is 24.0 Å². The summed E-state index contributed by atoms with van der Waals surface area (Å²) >= 11 is 6.18. The van der Waals surface area contributed by atoms with Crippen molar-refractivity contribution in [3.63, 3.8) is 0 Å². The predicted molar refractivity (Wildman–Crippen MR) is 130 cm³/mol. The Balaban J connectivity index is 0.00000784. The Morgan fingerprint density at radius 1 is 1.24 bits per heavy atom. The number of ether oxygens (including phenoxy) is 2. The van der Waals surface area contributed by atoms with Gasteiger partial charge in [-0.3, -0.25) is 4.79 Å². The Morgan fingerprint density at radius 3 is 2.59 bits per heavy atom. The lowest BCUT2D eigenvalue weighted by Gasteiger charge is -2.21. The van der Waals surface area contributed by atoms with Crippen LogP contribution in [0.25, 0.3) is 0 Å². The van der Waals surface area contributed by atoms with Crippen molar-refractivity contribution in [3.8, 4) is 5.75 Å². The molecule has 0 fully saturated rings. The number of nitrogens with zero attached hydrogens (tertiary/aromatic N) is 2. The smallest absolute Gasteiger partial charge is 0.243 e. The number of likely N-dealkylation sites (N-methyl/N-ethyl adjacent to an activating group) is 1. The lowest BCUT2D eigenvalue weighted by atomic mass is 10.2. The molecule has 1 unspecified atom stereocenters. The van der Waals surface area contributed by atoms with Crippen LogP contribution >= 0.6 is 35.6 Å². The van der Waals surface area contributed by atoms with Gasteiger partial charge >= 0.3 is 0 Å². The monoisotopic (exact) mass is 540 g/mol. The van der Waals surface area contributed by atoms with Crippen LogP contribution in [0, 0.1) is 0 Å². The molecule has 0 aliphatic heterocycles. The molecule has 0 heterocycles. The number of nitrogens with one attached hydrogen (secondary N) is 2.